The Morgan fingerprint density at radius 1 is 1.39 bits per heavy atom. The zero-order valence-electron chi connectivity index (χ0n) is 10.0. The van der Waals surface area contributed by atoms with E-state index in [1.54, 1.807) is 11.3 Å². The number of nitrogens with one attached hydrogen (secondary N) is 1. The molecule has 1 aliphatic heterocycles. The molecule has 3 atom stereocenters. The molecule has 2 aromatic rings. The van der Waals surface area contributed by atoms with E-state index in [2.05, 4.69) is 15.5 Å². The molecule has 0 spiro atoms. The van der Waals surface area contributed by atoms with Gasteiger partial charge in [0.1, 0.15) is 0 Å². The third-order valence-electron chi connectivity index (χ3n) is 4.20. The second-order valence-corrected chi connectivity index (χ2v) is 6.12. The van der Waals surface area contributed by atoms with Crippen molar-refractivity contribution in [2.24, 2.45) is 11.8 Å². The molecule has 94 valence electrons. The molecule has 5 heteroatoms. The number of rotatable bonds is 2. The molecule has 2 fully saturated rings. The Labute approximate surface area is 109 Å². The Morgan fingerprint density at radius 2 is 2.39 bits per heavy atom. The molecule has 2 aliphatic rings. The highest BCUT2D eigenvalue weighted by atomic mass is 32.1. The molecule has 18 heavy (non-hydrogen) atoms. The average molecular weight is 261 g/mol. The van der Waals surface area contributed by atoms with Crippen LogP contribution in [0.2, 0.25) is 0 Å². The lowest BCUT2D eigenvalue weighted by Gasteiger charge is -2.13. The van der Waals surface area contributed by atoms with Crippen LogP contribution in [-0.2, 0) is 0 Å². The first kappa shape index (κ1) is 10.7. The van der Waals surface area contributed by atoms with Crippen LogP contribution < -0.4 is 5.32 Å². The Bertz CT molecular complexity index is 536. The summed E-state index contributed by atoms with van der Waals surface area (Å²) in [7, 11) is 0. The van der Waals surface area contributed by atoms with Crippen LogP contribution >= 0.6 is 11.3 Å². The minimum absolute atomic E-state index is 0.277. The van der Waals surface area contributed by atoms with Gasteiger partial charge in [-0.15, -0.1) is 11.3 Å². The van der Waals surface area contributed by atoms with Crippen molar-refractivity contribution in [1.82, 2.24) is 15.5 Å². The van der Waals surface area contributed by atoms with Crippen LogP contribution in [-0.4, -0.2) is 16.7 Å². The van der Waals surface area contributed by atoms with Crippen molar-refractivity contribution in [2.45, 2.75) is 25.3 Å². The number of hydrogen-bond donors (Lipinski definition) is 1. The molecule has 4 nitrogen and oxygen atoms in total. The standard InChI is InChI=1S/C13H15N3OS/c1-3-8-7-14-11(9(8)4-1)13-15-12(16-17-13)10-5-2-6-18-10/h2,5-6,8-9,11,14H,1,3-4,7H2. The quantitative estimate of drug-likeness (QED) is 0.903. The maximum atomic E-state index is 5.46. The number of fused-ring (bicyclic) bond motifs is 1. The summed E-state index contributed by atoms with van der Waals surface area (Å²) in [5.74, 6) is 3.00. The summed E-state index contributed by atoms with van der Waals surface area (Å²) in [4.78, 5) is 5.64. The molecule has 3 heterocycles. The minimum Gasteiger partial charge on any atom is -0.337 e. The summed E-state index contributed by atoms with van der Waals surface area (Å²) in [6, 6.07) is 4.31. The van der Waals surface area contributed by atoms with Gasteiger partial charge < -0.3 is 9.84 Å². The topological polar surface area (TPSA) is 51.0 Å². The van der Waals surface area contributed by atoms with E-state index >= 15 is 0 Å². The van der Waals surface area contributed by atoms with Gasteiger partial charge in [0.25, 0.3) is 0 Å². The van der Waals surface area contributed by atoms with Crippen molar-refractivity contribution >= 4 is 11.3 Å². The van der Waals surface area contributed by atoms with Gasteiger partial charge in [0.2, 0.25) is 11.7 Å². The van der Waals surface area contributed by atoms with Gasteiger partial charge in [-0.25, -0.2) is 0 Å². The highest BCUT2D eigenvalue weighted by Gasteiger charge is 2.42. The van der Waals surface area contributed by atoms with Crippen LogP contribution in [0.1, 0.15) is 31.2 Å². The molecule has 0 aromatic carbocycles. The van der Waals surface area contributed by atoms with Crippen LogP contribution in [0.5, 0.6) is 0 Å². The summed E-state index contributed by atoms with van der Waals surface area (Å²) >= 11 is 1.65. The Hall–Kier alpha value is -1.20. The molecule has 1 N–H and O–H groups in total. The van der Waals surface area contributed by atoms with Crippen LogP contribution in [0.4, 0.5) is 0 Å². The maximum absolute atomic E-state index is 5.46. The maximum Gasteiger partial charge on any atom is 0.244 e. The number of hydrogen-bond acceptors (Lipinski definition) is 5. The van der Waals surface area contributed by atoms with Gasteiger partial charge in [-0.05, 0) is 42.7 Å². The van der Waals surface area contributed by atoms with Crippen molar-refractivity contribution in [2.75, 3.05) is 6.54 Å². The average Bonchev–Trinajstić information content (AvgIpc) is 3.13. The van der Waals surface area contributed by atoms with Crippen LogP contribution in [0.15, 0.2) is 22.0 Å². The molecular formula is C13H15N3OS. The normalized spacial score (nSPS) is 30.8. The molecule has 2 aromatic heterocycles. The lowest BCUT2D eigenvalue weighted by molar-refractivity contribution is 0.302. The van der Waals surface area contributed by atoms with Crippen LogP contribution in [0.25, 0.3) is 10.7 Å². The molecule has 4 rings (SSSR count). The van der Waals surface area contributed by atoms with Gasteiger partial charge in [0, 0.05) is 0 Å². The zero-order valence-corrected chi connectivity index (χ0v) is 10.8. The fraction of sp³-hybridized carbons (Fsp3) is 0.538. The second-order valence-electron chi connectivity index (χ2n) is 5.17. The summed E-state index contributed by atoms with van der Waals surface area (Å²) < 4.78 is 5.46. The van der Waals surface area contributed by atoms with E-state index in [0.29, 0.717) is 5.92 Å². The summed E-state index contributed by atoms with van der Waals surface area (Å²) in [6.45, 7) is 1.10. The lowest BCUT2D eigenvalue weighted by atomic mass is 9.94. The van der Waals surface area contributed by atoms with Gasteiger partial charge in [-0.2, -0.15) is 4.98 Å². The van der Waals surface area contributed by atoms with E-state index in [4.69, 9.17) is 4.52 Å². The van der Waals surface area contributed by atoms with Crippen molar-refractivity contribution in [3.8, 4) is 10.7 Å². The monoisotopic (exact) mass is 261 g/mol. The van der Waals surface area contributed by atoms with Crippen molar-refractivity contribution in [3.63, 3.8) is 0 Å². The van der Waals surface area contributed by atoms with E-state index in [1.807, 2.05) is 17.5 Å². The SMILES string of the molecule is c1csc(-c2noc(C3NCC4CCCC43)n2)c1. The van der Waals surface area contributed by atoms with Gasteiger partial charge >= 0.3 is 0 Å². The van der Waals surface area contributed by atoms with Gasteiger partial charge in [-0.3, -0.25) is 0 Å². The van der Waals surface area contributed by atoms with Crippen molar-refractivity contribution in [3.05, 3.63) is 23.4 Å². The first-order valence-corrected chi connectivity index (χ1v) is 7.40. The molecule has 0 radical (unpaired) electrons. The molecule has 0 bridgehead atoms. The Balaban J connectivity index is 1.62. The first-order chi connectivity index (χ1) is 8.92. The fourth-order valence-corrected chi connectivity index (χ4v) is 3.97. The summed E-state index contributed by atoms with van der Waals surface area (Å²) in [5.41, 5.74) is 0. The van der Waals surface area contributed by atoms with E-state index in [-0.39, 0.29) is 6.04 Å². The summed E-state index contributed by atoms with van der Waals surface area (Å²) in [6.07, 6.45) is 3.98. The Morgan fingerprint density at radius 3 is 3.28 bits per heavy atom. The van der Waals surface area contributed by atoms with Crippen LogP contribution in [0, 0.1) is 11.8 Å². The molecule has 0 amide bonds. The van der Waals surface area contributed by atoms with E-state index in [1.165, 1.54) is 19.3 Å². The number of aromatic nitrogens is 2. The smallest absolute Gasteiger partial charge is 0.244 e. The molecule has 1 saturated carbocycles. The van der Waals surface area contributed by atoms with Crippen molar-refractivity contribution < 1.29 is 4.52 Å². The molecular weight excluding hydrogens is 246 g/mol. The predicted octanol–water partition coefficient (Wildman–Crippen LogP) is 2.86. The molecule has 3 unspecified atom stereocenters. The third-order valence-corrected chi connectivity index (χ3v) is 5.06. The van der Waals surface area contributed by atoms with E-state index < -0.39 is 0 Å². The van der Waals surface area contributed by atoms with E-state index in [9.17, 15) is 0 Å². The second kappa shape index (κ2) is 4.17. The highest BCUT2D eigenvalue weighted by molar-refractivity contribution is 7.13. The van der Waals surface area contributed by atoms with E-state index in [0.717, 1.165) is 29.1 Å². The van der Waals surface area contributed by atoms with Gasteiger partial charge in [0.15, 0.2) is 0 Å². The number of thiophene rings is 1. The predicted molar refractivity (Wildman–Crippen MR) is 69.2 cm³/mol. The fourth-order valence-electron chi connectivity index (χ4n) is 3.33. The first-order valence-electron chi connectivity index (χ1n) is 6.53. The third kappa shape index (κ3) is 1.61. The highest BCUT2D eigenvalue weighted by Crippen LogP contribution is 2.44. The Kier molecular flexibility index (Phi) is 2.48. The lowest BCUT2D eigenvalue weighted by Crippen LogP contribution is -2.18. The molecule has 1 aliphatic carbocycles. The van der Waals surface area contributed by atoms with Gasteiger partial charge in [-0.1, -0.05) is 17.6 Å². The number of nitrogens with zero attached hydrogens (tertiary/aromatic N) is 2. The summed E-state index contributed by atoms with van der Waals surface area (Å²) in [5, 5.41) is 9.68. The minimum atomic E-state index is 0.277. The van der Waals surface area contributed by atoms with Crippen LogP contribution in [0.3, 0.4) is 0 Å². The zero-order chi connectivity index (χ0) is 11.9. The van der Waals surface area contributed by atoms with Gasteiger partial charge in [0.05, 0.1) is 10.9 Å². The largest absolute Gasteiger partial charge is 0.337 e. The molecule has 1 saturated heterocycles. The van der Waals surface area contributed by atoms with Crippen molar-refractivity contribution in [1.29, 1.82) is 0 Å².